The number of aromatic nitrogens is 1. The minimum Gasteiger partial charge on any atom is -0.388 e. The highest BCUT2D eigenvalue weighted by atomic mass is 16.3. The molecule has 0 aliphatic heterocycles. The molecule has 1 aliphatic rings. The number of aliphatic hydroxyl groups is 1. The van der Waals surface area contributed by atoms with Crippen molar-refractivity contribution in [1.82, 2.24) is 4.98 Å². The topological polar surface area (TPSA) is 33.1 Å². The molecular weight excluding hydrogens is 222 g/mol. The van der Waals surface area contributed by atoms with Crippen LogP contribution in [0.25, 0.3) is 0 Å². The molecule has 1 saturated carbocycles. The molecule has 1 aromatic rings. The lowest BCUT2D eigenvalue weighted by Crippen LogP contribution is -2.09. The minimum atomic E-state index is -0.301. The molecule has 1 aromatic heterocycles. The van der Waals surface area contributed by atoms with Crippen molar-refractivity contribution in [1.29, 1.82) is 0 Å². The van der Waals surface area contributed by atoms with Crippen LogP contribution in [-0.2, 0) is 6.42 Å². The molecule has 0 spiro atoms. The van der Waals surface area contributed by atoms with E-state index in [-0.39, 0.29) is 6.10 Å². The van der Waals surface area contributed by atoms with Gasteiger partial charge in [-0.15, -0.1) is 0 Å². The van der Waals surface area contributed by atoms with Crippen molar-refractivity contribution in [2.75, 3.05) is 0 Å². The second-order valence-electron chi connectivity index (χ2n) is 5.53. The quantitative estimate of drug-likeness (QED) is 0.852. The van der Waals surface area contributed by atoms with Gasteiger partial charge in [0.25, 0.3) is 0 Å². The van der Waals surface area contributed by atoms with Gasteiger partial charge < -0.3 is 5.11 Å². The van der Waals surface area contributed by atoms with E-state index < -0.39 is 0 Å². The summed E-state index contributed by atoms with van der Waals surface area (Å²) in [6, 6.07) is 1.98. The molecule has 1 heterocycles. The Morgan fingerprint density at radius 3 is 2.83 bits per heavy atom. The molecule has 1 unspecified atom stereocenters. The van der Waals surface area contributed by atoms with Crippen LogP contribution in [-0.4, -0.2) is 10.1 Å². The summed E-state index contributed by atoms with van der Waals surface area (Å²) in [5.41, 5.74) is 2.27. The van der Waals surface area contributed by atoms with Crippen LogP contribution in [0.1, 0.15) is 69.1 Å². The zero-order chi connectivity index (χ0) is 12.8. The van der Waals surface area contributed by atoms with Crippen LogP contribution in [0.2, 0.25) is 0 Å². The smallest absolute Gasteiger partial charge is 0.0793 e. The van der Waals surface area contributed by atoms with Gasteiger partial charge in [-0.25, -0.2) is 0 Å². The molecule has 2 nitrogen and oxygen atoms in total. The highest BCUT2D eigenvalue weighted by Crippen LogP contribution is 2.31. The normalized spacial score (nSPS) is 18.8. The van der Waals surface area contributed by atoms with Crippen molar-refractivity contribution in [3.63, 3.8) is 0 Å². The van der Waals surface area contributed by atoms with Gasteiger partial charge in [0, 0.05) is 12.4 Å². The molecule has 0 aromatic carbocycles. The van der Waals surface area contributed by atoms with Gasteiger partial charge in [-0.05, 0) is 42.4 Å². The molecule has 100 valence electrons. The lowest BCUT2D eigenvalue weighted by Gasteiger charge is -2.23. The summed E-state index contributed by atoms with van der Waals surface area (Å²) in [5, 5.41) is 10.3. The van der Waals surface area contributed by atoms with E-state index in [0.717, 1.165) is 24.3 Å². The van der Waals surface area contributed by atoms with Crippen LogP contribution in [0.3, 0.4) is 0 Å². The van der Waals surface area contributed by atoms with E-state index in [1.807, 2.05) is 12.3 Å². The van der Waals surface area contributed by atoms with Gasteiger partial charge in [0.2, 0.25) is 0 Å². The Balaban J connectivity index is 1.88. The molecule has 0 bridgehead atoms. The Morgan fingerprint density at radius 2 is 2.11 bits per heavy atom. The van der Waals surface area contributed by atoms with E-state index in [1.54, 1.807) is 6.20 Å². The fourth-order valence-corrected chi connectivity index (χ4v) is 3.08. The number of hydrogen-bond acceptors (Lipinski definition) is 2. The van der Waals surface area contributed by atoms with E-state index in [0.29, 0.717) is 0 Å². The fraction of sp³-hybridized carbons (Fsp3) is 0.688. The second-order valence-corrected chi connectivity index (χ2v) is 5.53. The van der Waals surface area contributed by atoms with Gasteiger partial charge in [-0.3, -0.25) is 4.98 Å². The van der Waals surface area contributed by atoms with Crippen LogP contribution in [0, 0.1) is 5.92 Å². The maximum atomic E-state index is 10.3. The first kappa shape index (κ1) is 13.5. The number of pyridine rings is 1. The summed E-state index contributed by atoms with van der Waals surface area (Å²) >= 11 is 0. The molecule has 1 N–H and O–H groups in total. The SMILES string of the molecule is CCc1cnccc1C(O)CCC1CCCCC1. The first-order valence-corrected chi connectivity index (χ1v) is 7.42. The number of hydrogen-bond donors (Lipinski definition) is 1. The van der Waals surface area contributed by atoms with Gasteiger partial charge in [0.1, 0.15) is 0 Å². The zero-order valence-electron chi connectivity index (χ0n) is 11.4. The Hall–Kier alpha value is -0.890. The van der Waals surface area contributed by atoms with Crippen molar-refractivity contribution in [3.8, 4) is 0 Å². The molecule has 2 rings (SSSR count). The first-order valence-electron chi connectivity index (χ1n) is 7.42. The van der Waals surface area contributed by atoms with E-state index in [4.69, 9.17) is 0 Å². The van der Waals surface area contributed by atoms with Crippen LogP contribution >= 0.6 is 0 Å². The third kappa shape index (κ3) is 3.55. The minimum absolute atomic E-state index is 0.301. The van der Waals surface area contributed by atoms with Crippen LogP contribution < -0.4 is 0 Å². The van der Waals surface area contributed by atoms with Crippen LogP contribution in [0.5, 0.6) is 0 Å². The third-order valence-corrected chi connectivity index (χ3v) is 4.25. The monoisotopic (exact) mass is 247 g/mol. The molecule has 1 atom stereocenters. The third-order valence-electron chi connectivity index (χ3n) is 4.25. The van der Waals surface area contributed by atoms with Gasteiger partial charge >= 0.3 is 0 Å². The van der Waals surface area contributed by atoms with E-state index in [1.165, 1.54) is 44.1 Å². The van der Waals surface area contributed by atoms with Crippen molar-refractivity contribution >= 4 is 0 Å². The second kappa shape index (κ2) is 6.89. The summed E-state index contributed by atoms with van der Waals surface area (Å²) in [6.45, 7) is 2.12. The summed E-state index contributed by atoms with van der Waals surface area (Å²) in [4.78, 5) is 4.14. The summed E-state index contributed by atoms with van der Waals surface area (Å²) < 4.78 is 0. The first-order chi connectivity index (χ1) is 8.81. The zero-order valence-corrected chi connectivity index (χ0v) is 11.4. The van der Waals surface area contributed by atoms with Crippen molar-refractivity contribution in [2.45, 2.75) is 64.4 Å². The van der Waals surface area contributed by atoms with Gasteiger partial charge in [0.05, 0.1) is 6.10 Å². The molecule has 18 heavy (non-hydrogen) atoms. The number of aliphatic hydroxyl groups excluding tert-OH is 1. The standard InChI is InChI=1S/C16H25NO/c1-2-14-12-17-11-10-15(14)16(18)9-8-13-6-4-3-5-7-13/h10-13,16,18H,2-9H2,1H3. The van der Waals surface area contributed by atoms with Crippen molar-refractivity contribution < 1.29 is 5.11 Å². The van der Waals surface area contributed by atoms with Gasteiger partial charge in [-0.1, -0.05) is 39.0 Å². The fourth-order valence-electron chi connectivity index (χ4n) is 3.08. The molecule has 0 amide bonds. The highest BCUT2D eigenvalue weighted by molar-refractivity contribution is 5.25. The molecule has 1 fully saturated rings. The molecular formula is C16H25NO. The van der Waals surface area contributed by atoms with Crippen molar-refractivity contribution in [3.05, 3.63) is 29.6 Å². The predicted molar refractivity (Wildman–Crippen MR) is 74.4 cm³/mol. The van der Waals surface area contributed by atoms with Crippen LogP contribution in [0.15, 0.2) is 18.5 Å². The molecule has 1 aliphatic carbocycles. The molecule has 0 radical (unpaired) electrons. The van der Waals surface area contributed by atoms with E-state index in [9.17, 15) is 5.11 Å². The number of rotatable bonds is 5. The van der Waals surface area contributed by atoms with E-state index in [2.05, 4.69) is 11.9 Å². The Bertz CT molecular complexity index is 358. The predicted octanol–water partition coefficient (Wildman–Crippen LogP) is 4.04. The van der Waals surface area contributed by atoms with Crippen molar-refractivity contribution in [2.24, 2.45) is 5.92 Å². The maximum Gasteiger partial charge on any atom is 0.0793 e. The average Bonchev–Trinajstić information content (AvgIpc) is 2.45. The number of aryl methyl sites for hydroxylation is 1. The van der Waals surface area contributed by atoms with Gasteiger partial charge in [-0.2, -0.15) is 0 Å². The maximum absolute atomic E-state index is 10.3. The molecule has 2 heteroatoms. The van der Waals surface area contributed by atoms with Crippen LogP contribution in [0.4, 0.5) is 0 Å². The summed E-state index contributed by atoms with van der Waals surface area (Å²) in [6.07, 6.45) is 13.3. The Kier molecular flexibility index (Phi) is 5.18. The largest absolute Gasteiger partial charge is 0.388 e. The summed E-state index contributed by atoms with van der Waals surface area (Å²) in [7, 11) is 0. The highest BCUT2D eigenvalue weighted by Gasteiger charge is 2.17. The molecule has 0 saturated heterocycles. The van der Waals surface area contributed by atoms with E-state index >= 15 is 0 Å². The number of nitrogens with zero attached hydrogens (tertiary/aromatic N) is 1. The Morgan fingerprint density at radius 1 is 1.33 bits per heavy atom. The average molecular weight is 247 g/mol. The lowest BCUT2D eigenvalue weighted by molar-refractivity contribution is 0.150. The van der Waals surface area contributed by atoms with Gasteiger partial charge in [0.15, 0.2) is 0 Å². The summed E-state index contributed by atoms with van der Waals surface area (Å²) in [5.74, 6) is 0.848. The lowest BCUT2D eigenvalue weighted by atomic mass is 9.84. The Labute approximate surface area is 110 Å².